The van der Waals surface area contributed by atoms with Crippen LogP contribution in [0, 0.1) is 0 Å². The van der Waals surface area contributed by atoms with Crippen LogP contribution in [0.3, 0.4) is 0 Å². The van der Waals surface area contributed by atoms with Crippen LogP contribution in [0.15, 0.2) is 15.4 Å². The van der Waals surface area contributed by atoms with E-state index in [0.717, 1.165) is 41.3 Å². The number of aromatic amines is 1. The second-order valence-corrected chi connectivity index (χ2v) is 6.02. The molecular weight excluding hydrogens is 353 g/mol. The molecule has 1 aliphatic carbocycles. The maximum absolute atomic E-state index is 12.8. The van der Waals surface area contributed by atoms with Crippen molar-refractivity contribution in [3.05, 3.63) is 33.4 Å². The molecule has 3 aromatic heterocycles. The van der Waals surface area contributed by atoms with E-state index in [1.807, 2.05) is 0 Å². The van der Waals surface area contributed by atoms with Crippen LogP contribution in [0.2, 0.25) is 0 Å². The summed E-state index contributed by atoms with van der Waals surface area (Å²) in [7, 11) is 1.35. The lowest BCUT2D eigenvalue weighted by molar-refractivity contribution is -0.141. The van der Waals surface area contributed by atoms with Crippen LogP contribution in [0.4, 0.5) is 13.2 Å². The molecule has 8 nitrogen and oxygen atoms in total. The van der Waals surface area contributed by atoms with Gasteiger partial charge in [-0.3, -0.25) is 9.48 Å². The van der Waals surface area contributed by atoms with Gasteiger partial charge in [0.05, 0.1) is 5.69 Å². The lowest BCUT2D eigenvalue weighted by atomic mass is 9.93. The van der Waals surface area contributed by atoms with Gasteiger partial charge < -0.3 is 4.52 Å². The summed E-state index contributed by atoms with van der Waals surface area (Å²) >= 11 is 0. The van der Waals surface area contributed by atoms with E-state index in [-0.39, 0.29) is 23.0 Å². The van der Waals surface area contributed by atoms with Gasteiger partial charge in [0.1, 0.15) is 11.3 Å². The lowest BCUT2D eigenvalue weighted by Gasteiger charge is -2.15. The van der Waals surface area contributed by atoms with Gasteiger partial charge in [0, 0.05) is 7.05 Å². The molecule has 3 heterocycles. The fourth-order valence-electron chi connectivity index (χ4n) is 3.06. The van der Waals surface area contributed by atoms with Crippen molar-refractivity contribution in [1.29, 1.82) is 0 Å². The third kappa shape index (κ3) is 2.68. The monoisotopic (exact) mass is 366 g/mol. The quantitative estimate of drug-likeness (QED) is 0.745. The zero-order valence-electron chi connectivity index (χ0n) is 13.6. The number of aryl methyl sites for hydroxylation is 2. The van der Waals surface area contributed by atoms with E-state index in [1.165, 1.54) is 7.05 Å². The Bertz CT molecular complexity index is 1030. The maximum Gasteiger partial charge on any atom is 0.435 e. The van der Waals surface area contributed by atoms with Crippen LogP contribution >= 0.6 is 0 Å². The minimum atomic E-state index is -4.58. The Labute approximate surface area is 144 Å². The summed E-state index contributed by atoms with van der Waals surface area (Å²) in [6.07, 6.45) is -1.32. The molecule has 11 heteroatoms. The first-order valence-corrected chi connectivity index (χ1v) is 7.90. The first kappa shape index (κ1) is 16.5. The number of nitrogens with zero attached hydrogens (tertiary/aromatic N) is 5. The Morgan fingerprint density at radius 2 is 2.04 bits per heavy atom. The maximum atomic E-state index is 12.8. The number of aromatic nitrogens is 6. The van der Waals surface area contributed by atoms with Gasteiger partial charge in [0.25, 0.3) is 11.4 Å². The number of alkyl halides is 3. The third-order valence-corrected chi connectivity index (χ3v) is 4.30. The van der Waals surface area contributed by atoms with Crippen LogP contribution in [-0.4, -0.2) is 30.1 Å². The lowest BCUT2D eigenvalue weighted by Crippen LogP contribution is -2.19. The van der Waals surface area contributed by atoms with Gasteiger partial charge in [-0.15, -0.1) is 0 Å². The molecule has 0 fully saturated rings. The van der Waals surface area contributed by atoms with Gasteiger partial charge in [-0.25, -0.2) is 5.10 Å². The Kier molecular flexibility index (Phi) is 3.67. The van der Waals surface area contributed by atoms with Crippen molar-refractivity contribution in [3.8, 4) is 23.0 Å². The van der Waals surface area contributed by atoms with Gasteiger partial charge in [-0.1, -0.05) is 5.16 Å². The minimum absolute atomic E-state index is 0.0340. The number of nitrogens with one attached hydrogen (secondary N) is 1. The predicted octanol–water partition coefficient (Wildman–Crippen LogP) is 2.12. The van der Waals surface area contributed by atoms with Crippen molar-refractivity contribution in [2.75, 3.05) is 0 Å². The molecule has 0 spiro atoms. The Morgan fingerprint density at radius 1 is 1.27 bits per heavy atom. The molecule has 0 saturated carbocycles. The normalized spacial score (nSPS) is 14.5. The number of hydrogen-bond donors (Lipinski definition) is 1. The highest BCUT2D eigenvalue weighted by atomic mass is 19.4. The smallest absolute Gasteiger partial charge is 0.333 e. The van der Waals surface area contributed by atoms with E-state index in [1.54, 1.807) is 0 Å². The van der Waals surface area contributed by atoms with Crippen molar-refractivity contribution in [2.24, 2.45) is 7.05 Å². The number of hydrogen-bond acceptors (Lipinski definition) is 6. The molecule has 0 amide bonds. The third-order valence-electron chi connectivity index (χ3n) is 4.30. The molecule has 0 saturated heterocycles. The standard InChI is InChI=1S/C15H13F3N6O2/c1-24-9(6-10(22-24)15(16,17)18)12-19-14(26-23-12)11-7-4-2-3-5-8(7)20-21-13(11)25/h6H,2-5H2,1H3,(H,21,25). The molecule has 136 valence electrons. The van der Waals surface area contributed by atoms with E-state index in [4.69, 9.17) is 4.52 Å². The fraction of sp³-hybridized carbons (Fsp3) is 0.400. The van der Waals surface area contributed by atoms with Crippen LogP contribution in [-0.2, 0) is 26.1 Å². The van der Waals surface area contributed by atoms with E-state index in [2.05, 4.69) is 25.4 Å². The largest absolute Gasteiger partial charge is 0.435 e. The summed E-state index contributed by atoms with van der Waals surface area (Å²) in [6.45, 7) is 0. The molecule has 0 atom stereocenters. The molecule has 1 N–H and O–H groups in total. The highest BCUT2D eigenvalue weighted by Crippen LogP contribution is 2.32. The van der Waals surface area contributed by atoms with Crippen LogP contribution in [0.1, 0.15) is 29.8 Å². The number of fused-ring (bicyclic) bond motifs is 1. The van der Waals surface area contributed by atoms with Crippen LogP contribution in [0.5, 0.6) is 0 Å². The van der Waals surface area contributed by atoms with Crippen molar-refractivity contribution >= 4 is 0 Å². The summed E-state index contributed by atoms with van der Waals surface area (Å²) in [6, 6.07) is 0.834. The van der Waals surface area contributed by atoms with Crippen molar-refractivity contribution in [1.82, 2.24) is 30.1 Å². The van der Waals surface area contributed by atoms with Crippen LogP contribution < -0.4 is 5.56 Å². The molecule has 0 aliphatic heterocycles. The highest BCUT2D eigenvalue weighted by molar-refractivity contribution is 5.61. The number of rotatable bonds is 2. The summed E-state index contributed by atoms with van der Waals surface area (Å²) in [5.41, 5.74) is 0.252. The first-order chi connectivity index (χ1) is 12.3. The molecule has 1 aliphatic rings. The second kappa shape index (κ2) is 5.78. The Balaban J connectivity index is 1.79. The predicted molar refractivity (Wildman–Crippen MR) is 82.0 cm³/mol. The number of H-pyrrole nitrogens is 1. The fourth-order valence-corrected chi connectivity index (χ4v) is 3.06. The van der Waals surface area contributed by atoms with E-state index >= 15 is 0 Å². The molecule has 0 aromatic carbocycles. The van der Waals surface area contributed by atoms with Crippen molar-refractivity contribution in [2.45, 2.75) is 31.9 Å². The molecular formula is C15H13F3N6O2. The summed E-state index contributed by atoms with van der Waals surface area (Å²) < 4.78 is 44.6. The summed E-state index contributed by atoms with van der Waals surface area (Å²) in [5.74, 6) is -0.122. The summed E-state index contributed by atoms with van der Waals surface area (Å²) in [5, 5.41) is 13.6. The summed E-state index contributed by atoms with van der Waals surface area (Å²) in [4.78, 5) is 16.3. The van der Waals surface area contributed by atoms with E-state index in [0.29, 0.717) is 6.42 Å². The van der Waals surface area contributed by atoms with Gasteiger partial charge in [0.15, 0.2) is 5.69 Å². The van der Waals surface area contributed by atoms with Crippen LogP contribution in [0.25, 0.3) is 23.0 Å². The van der Waals surface area contributed by atoms with Gasteiger partial charge >= 0.3 is 6.18 Å². The Hall–Kier alpha value is -2.98. The zero-order chi connectivity index (χ0) is 18.5. The highest BCUT2D eigenvalue weighted by Gasteiger charge is 2.35. The average molecular weight is 366 g/mol. The van der Waals surface area contributed by atoms with Crippen molar-refractivity contribution < 1.29 is 17.7 Å². The molecule has 0 unspecified atom stereocenters. The van der Waals surface area contributed by atoms with E-state index in [9.17, 15) is 18.0 Å². The Morgan fingerprint density at radius 3 is 2.77 bits per heavy atom. The molecule has 26 heavy (non-hydrogen) atoms. The average Bonchev–Trinajstić information content (AvgIpc) is 3.21. The minimum Gasteiger partial charge on any atom is -0.333 e. The molecule has 3 aromatic rings. The SMILES string of the molecule is Cn1nc(C(F)(F)F)cc1-c1noc(-c2c3c(n[nH]c2=O)CCCC3)n1. The zero-order valence-corrected chi connectivity index (χ0v) is 13.6. The molecule has 4 rings (SSSR count). The van der Waals surface area contributed by atoms with Gasteiger partial charge in [-0.2, -0.15) is 28.4 Å². The topological polar surface area (TPSA) is 102 Å². The van der Waals surface area contributed by atoms with Gasteiger partial charge in [0.2, 0.25) is 5.82 Å². The molecule has 0 radical (unpaired) electrons. The number of halogens is 3. The van der Waals surface area contributed by atoms with Crippen molar-refractivity contribution in [3.63, 3.8) is 0 Å². The first-order valence-electron chi connectivity index (χ1n) is 7.90. The second-order valence-electron chi connectivity index (χ2n) is 6.02. The van der Waals surface area contributed by atoms with Gasteiger partial charge in [-0.05, 0) is 37.3 Å². The van der Waals surface area contributed by atoms with E-state index < -0.39 is 17.4 Å². The molecule has 0 bridgehead atoms.